The topological polar surface area (TPSA) is 59.6 Å². The van der Waals surface area contributed by atoms with Crippen molar-refractivity contribution in [2.75, 3.05) is 7.11 Å². The highest BCUT2D eigenvalue weighted by molar-refractivity contribution is 7.80. The minimum Gasteiger partial charge on any atom is -0.497 e. The Morgan fingerprint density at radius 3 is 2.38 bits per heavy atom. The van der Waals surface area contributed by atoms with E-state index in [9.17, 15) is 18.0 Å². The number of methoxy groups -OCH3 is 1. The number of rotatable bonds is 5. The molecule has 9 heteroatoms. The number of carbonyl (C=O) groups excluding carboxylic acids is 1. The van der Waals surface area contributed by atoms with E-state index in [1.807, 2.05) is 0 Å². The first-order valence-corrected chi connectivity index (χ1v) is 7.76. The third-order valence-electron chi connectivity index (χ3n) is 3.22. The highest BCUT2D eigenvalue weighted by Crippen LogP contribution is 2.26. The fraction of sp³-hybridized carbons (Fsp3) is 0.176. The molecule has 138 valence electrons. The molecule has 0 saturated carbocycles. The van der Waals surface area contributed by atoms with E-state index in [2.05, 4.69) is 15.4 Å². The Balaban J connectivity index is 1.93. The van der Waals surface area contributed by atoms with Crippen LogP contribution in [0.5, 0.6) is 11.5 Å². The molecule has 2 aromatic carbocycles. The fourth-order valence-electron chi connectivity index (χ4n) is 2.01. The zero-order valence-electron chi connectivity index (χ0n) is 13.6. The number of nitrogens with one attached hydrogen (secondary N) is 2. The van der Waals surface area contributed by atoms with E-state index in [1.54, 1.807) is 30.3 Å². The van der Waals surface area contributed by atoms with Crippen molar-refractivity contribution in [3.05, 3.63) is 59.7 Å². The van der Waals surface area contributed by atoms with Crippen LogP contribution in [0.4, 0.5) is 13.2 Å². The summed E-state index contributed by atoms with van der Waals surface area (Å²) >= 11 is 5.00. The maximum absolute atomic E-state index is 12.4. The zero-order chi connectivity index (χ0) is 19.2. The quantitative estimate of drug-likeness (QED) is 0.774. The van der Waals surface area contributed by atoms with Gasteiger partial charge in [-0.1, -0.05) is 18.2 Å². The summed E-state index contributed by atoms with van der Waals surface area (Å²) in [5.74, 6) is -0.190. The van der Waals surface area contributed by atoms with E-state index in [-0.39, 0.29) is 23.0 Å². The summed E-state index contributed by atoms with van der Waals surface area (Å²) in [6, 6.07) is 12.0. The van der Waals surface area contributed by atoms with Crippen LogP contribution < -0.4 is 20.1 Å². The Morgan fingerprint density at radius 1 is 1.12 bits per heavy atom. The molecule has 0 aliphatic rings. The molecule has 0 saturated heterocycles. The van der Waals surface area contributed by atoms with Gasteiger partial charge in [-0.2, -0.15) is 0 Å². The maximum atomic E-state index is 12.4. The van der Waals surface area contributed by atoms with Crippen LogP contribution in [-0.2, 0) is 6.54 Å². The van der Waals surface area contributed by atoms with Crippen LogP contribution >= 0.6 is 12.2 Å². The molecular formula is C17H15F3N2O3S. The maximum Gasteiger partial charge on any atom is 0.573 e. The summed E-state index contributed by atoms with van der Waals surface area (Å²) in [5, 5.41) is 5.10. The molecule has 0 unspecified atom stereocenters. The second kappa shape index (κ2) is 8.52. The molecule has 0 atom stereocenters. The van der Waals surface area contributed by atoms with E-state index in [1.165, 1.54) is 25.3 Å². The first-order valence-electron chi connectivity index (χ1n) is 7.35. The van der Waals surface area contributed by atoms with Gasteiger partial charge in [0.25, 0.3) is 5.91 Å². The molecule has 0 bridgehead atoms. The van der Waals surface area contributed by atoms with Gasteiger partial charge in [-0.15, -0.1) is 13.2 Å². The molecule has 2 aromatic rings. The lowest BCUT2D eigenvalue weighted by molar-refractivity contribution is -0.274. The van der Waals surface area contributed by atoms with Gasteiger partial charge in [0.05, 0.1) is 7.11 Å². The molecule has 0 aliphatic heterocycles. The molecule has 26 heavy (non-hydrogen) atoms. The number of ether oxygens (including phenoxy) is 2. The van der Waals surface area contributed by atoms with Gasteiger partial charge in [0.1, 0.15) is 11.5 Å². The Bertz CT molecular complexity index is 780. The van der Waals surface area contributed by atoms with Gasteiger partial charge < -0.3 is 14.8 Å². The number of benzene rings is 2. The van der Waals surface area contributed by atoms with Crippen LogP contribution in [0.1, 0.15) is 15.9 Å². The zero-order valence-corrected chi connectivity index (χ0v) is 14.4. The number of carbonyl (C=O) groups is 1. The third kappa shape index (κ3) is 5.92. The van der Waals surface area contributed by atoms with Gasteiger partial charge in [-0.25, -0.2) is 0 Å². The number of halogens is 3. The molecule has 0 radical (unpaired) electrons. The predicted octanol–water partition coefficient (Wildman–Crippen LogP) is 3.40. The number of thiocarbonyl (C=S) groups is 1. The molecule has 0 aliphatic carbocycles. The van der Waals surface area contributed by atoms with Crippen LogP contribution in [0.25, 0.3) is 0 Å². The Labute approximate surface area is 153 Å². The molecule has 2 rings (SSSR count). The second-order valence-corrected chi connectivity index (χ2v) is 5.43. The summed E-state index contributed by atoms with van der Waals surface area (Å²) in [6.45, 7) is -0.0476. The summed E-state index contributed by atoms with van der Waals surface area (Å²) in [4.78, 5) is 12.1. The van der Waals surface area contributed by atoms with Gasteiger partial charge in [0.15, 0.2) is 5.11 Å². The lowest BCUT2D eigenvalue weighted by atomic mass is 10.2. The molecule has 2 N–H and O–H groups in total. The Kier molecular flexibility index (Phi) is 6.40. The van der Waals surface area contributed by atoms with Gasteiger partial charge in [-0.05, 0) is 42.5 Å². The normalized spacial score (nSPS) is 10.8. The van der Waals surface area contributed by atoms with Gasteiger partial charge in [-0.3, -0.25) is 10.1 Å². The van der Waals surface area contributed by atoms with Crippen molar-refractivity contribution in [3.63, 3.8) is 0 Å². The molecule has 0 spiro atoms. The van der Waals surface area contributed by atoms with E-state index in [0.717, 1.165) is 0 Å². The van der Waals surface area contributed by atoms with Gasteiger partial charge in [0.2, 0.25) is 0 Å². The third-order valence-corrected chi connectivity index (χ3v) is 3.46. The monoisotopic (exact) mass is 384 g/mol. The number of alkyl halides is 3. The molecule has 0 fully saturated rings. The average Bonchev–Trinajstić information content (AvgIpc) is 2.59. The minimum absolute atomic E-state index is 0.0207. The predicted molar refractivity (Wildman–Crippen MR) is 93.0 cm³/mol. The number of amides is 1. The Hall–Kier alpha value is -2.81. The summed E-state index contributed by atoms with van der Waals surface area (Å²) < 4.78 is 46.2. The van der Waals surface area contributed by atoms with Crippen molar-refractivity contribution < 1.29 is 27.4 Å². The van der Waals surface area contributed by atoms with Crippen molar-refractivity contribution >= 4 is 23.2 Å². The summed E-state index contributed by atoms with van der Waals surface area (Å²) in [7, 11) is 1.51. The lowest BCUT2D eigenvalue weighted by Crippen LogP contribution is -2.38. The first-order chi connectivity index (χ1) is 12.3. The molecular weight excluding hydrogens is 369 g/mol. The highest BCUT2D eigenvalue weighted by Gasteiger charge is 2.31. The van der Waals surface area contributed by atoms with Crippen molar-refractivity contribution in [1.29, 1.82) is 0 Å². The van der Waals surface area contributed by atoms with Crippen LogP contribution in [0.15, 0.2) is 48.5 Å². The smallest absolute Gasteiger partial charge is 0.497 e. The van der Waals surface area contributed by atoms with E-state index in [4.69, 9.17) is 17.0 Å². The largest absolute Gasteiger partial charge is 0.573 e. The van der Waals surface area contributed by atoms with Crippen LogP contribution in [0.3, 0.4) is 0 Å². The van der Waals surface area contributed by atoms with Crippen LogP contribution in [0, 0.1) is 0 Å². The average molecular weight is 384 g/mol. The molecule has 0 aromatic heterocycles. The second-order valence-electron chi connectivity index (χ2n) is 5.02. The number of para-hydroxylation sites is 1. The Morgan fingerprint density at radius 2 is 1.77 bits per heavy atom. The standard InChI is InChI=1S/C17H15F3N2O3S/c1-24-13-8-6-11(7-9-13)15(23)22-16(26)21-10-12-4-2-3-5-14(12)25-17(18,19)20/h2-9H,10H2,1H3,(H2,21,22,23,26). The molecule has 0 heterocycles. The minimum atomic E-state index is -4.79. The van der Waals surface area contributed by atoms with Gasteiger partial charge in [0, 0.05) is 17.7 Å². The lowest BCUT2D eigenvalue weighted by Gasteiger charge is -2.14. The van der Waals surface area contributed by atoms with Crippen molar-refractivity contribution in [2.45, 2.75) is 12.9 Å². The molecule has 5 nitrogen and oxygen atoms in total. The van der Waals surface area contributed by atoms with Crippen LogP contribution in [0.2, 0.25) is 0 Å². The summed E-state index contributed by atoms with van der Waals surface area (Å²) in [5.41, 5.74) is 0.599. The SMILES string of the molecule is COc1ccc(C(=O)NC(=S)NCc2ccccc2OC(F)(F)F)cc1. The molecule has 1 amide bonds. The number of hydrogen-bond acceptors (Lipinski definition) is 4. The van der Waals surface area contributed by atoms with Crippen molar-refractivity contribution in [2.24, 2.45) is 0 Å². The van der Waals surface area contributed by atoms with E-state index in [0.29, 0.717) is 11.3 Å². The summed E-state index contributed by atoms with van der Waals surface area (Å²) in [6.07, 6.45) is -4.79. The first kappa shape index (κ1) is 19.5. The fourth-order valence-corrected chi connectivity index (χ4v) is 2.18. The highest BCUT2D eigenvalue weighted by atomic mass is 32.1. The van der Waals surface area contributed by atoms with Crippen LogP contribution in [-0.4, -0.2) is 24.5 Å². The van der Waals surface area contributed by atoms with E-state index >= 15 is 0 Å². The van der Waals surface area contributed by atoms with Gasteiger partial charge >= 0.3 is 6.36 Å². The van der Waals surface area contributed by atoms with Crippen molar-refractivity contribution in [1.82, 2.24) is 10.6 Å². The van der Waals surface area contributed by atoms with Crippen molar-refractivity contribution in [3.8, 4) is 11.5 Å². The van der Waals surface area contributed by atoms with E-state index < -0.39 is 12.3 Å². The number of hydrogen-bond donors (Lipinski definition) is 2.